The Morgan fingerprint density at radius 1 is 1.65 bits per heavy atom. The second kappa shape index (κ2) is 7.29. The first-order chi connectivity index (χ1) is 8.15. The van der Waals surface area contributed by atoms with E-state index in [1.807, 2.05) is 11.6 Å². The fourth-order valence-electron chi connectivity index (χ4n) is 1.38. The van der Waals surface area contributed by atoms with Gasteiger partial charge in [0.1, 0.15) is 11.0 Å². The summed E-state index contributed by atoms with van der Waals surface area (Å²) in [4.78, 5) is 15.2. The van der Waals surface area contributed by atoms with Crippen LogP contribution in [0.4, 0.5) is 0 Å². The quantitative estimate of drug-likeness (QED) is 0.596. The maximum atomic E-state index is 11.0. The van der Waals surface area contributed by atoms with Gasteiger partial charge in [0.05, 0.1) is 19.3 Å². The van der Waals surface area contributed by atoms with Gasteiger partial charge in [-0.3, -0.25) is 4.79 Å². The molecule has 0 amide bonds. The molecule has 1 heterocycles. The molecule has 0 bridgehead atoms. The molecule has 0 atom stereocenters. The summed E-state index contributed by atoms with van der Waals surface area (Å²) in [5, 5.41) is 3.82. The Morgan fingerprint density at radius 2 is 2.41 bits per heavy atom. The van der Waals surface area contributed by atoms with E-state index in [1.165, 1.54) is 0 Å². The average molecular weight is 260 g/mol. The number of rotatable bonds is 7. The maximum Gasteiger partial charge on any atom is 0.305 e. The van der Waals surface area contributed by atoms with Crippen molar-refractivity contribution in [3.05, 3.63) is 17.2 Å². The van der Waals surface area contributed by atoms with E-state index in [4.69, 9.17) is 16.3 Å². The highest BCUT2D eigenvalue weighted by atomic mass is 35.5. The minimum absolute atomic E-state index is 0.144. The fourth-order valence-corrected chi connectivity index (χ4v) is 1.53. The van der Waals surface area contributed by atoms with Crippen LogP contribution in [0.25, 0.3) is 0 Å². The molecule has 1 aromatic heterocycles. The number of aromatic nitrogens is 2. The number of imidazole rings is 1. The van der Waals surface area contributed by atoms with Crippen LogP contribution in [-0.4, -0.2) is 28.7 Å². The van der Waals surface area contributed by atoms with E-state index in [0.717, 1.165) is 18.8 Å². The second-order valence-corrected chi connectivity index (χ2v) is 4.03. The Kier molecular flexibility index (Phi) is 6.00. The van der Waals surface area contributed by atoms with Crippen molar-refractivity contribution in [1.29, 1.82) is 0 Å². The second-order valence-electron chi connectivity index (χ2n) is 3.64. The third-order valence-electron chi connectivity index (χ3n) is 2.35. The largest absolute Gasteiger partial charge is 0.466 e. The van der Waals surface area contributed by atoms with Gasteiger partial charge in [0, 0.05) is 13.5 Å². The number of nitrogens with zero attached hydrogens (tertiary/aromatic N) is 2. The van der Waals surface area contributed by atoms with Crippen LogP contribution in [0.1, 0.15) is 25.6 Å². The maximum absolute atomic E-state index is 11.0. The van der Waals surface area contributed by atoms with Crippen LogP contribution in [0.5, 0.6) is 0 Å². The minimum atomic E-state index is -0.144. The summed E-state index contributed by atoms with van der Waals surface area (Å²) in [5.74, 6) is 0.737. The minimum Gasteiger partial charge on any atom is -0.466 e. The van der Waals surface area contributed by atoms with Gasteiger partial charge in [-0.1, -0.05) is 11.6 Å². The van der Waals surface area contributed by atoms with E-state index in [0.29, 0.717) is 24.7 Å². The Bertz CT molecular complexity index is 366. The Hall–Kier alpha value is -1.07. The number of carbonyl (C=O) groups is 1. The molecule has 1 aromatic rings. The molecule has 5 nitrogen and oxygen atoms in total. The highest BCUT2D eigenvalue weighted by Gasteiger charge is 2.04. The number of hydrogen-bond donors (Lipinski definition) is 1. The van der Waals surface area contributed by atoms with Crippen LogP contribution < -0.4 is 5.32 Å². The molecule has 0 saturated heterocycles. The van der Waals surface area contributed by atoms with Crippen molar-refractivity contribution in [3.8, 4) is 0 Å². The van der Waals surface area contributed by atoms with Crippen molar-refractivity contribution in [2.45, 2.75) is 26.3 Å². The predicted octanol–water partition coefficient (Wildman–Crippen LogP) is 1.51. The zero-order chi connectivity index (χ0) is 12.7. The van der Waals surface area contributed by atoms with E-state index in [-0.39, 0.29) is 5.97 Å². The van der Waals surface area contributed by atoms with Gasteiger partial charge in [-0.15, -0.1) is 0 Å². The predicted molar refractivity (Wildman–Crippen MR) is 65.8 cm³/mol. The van der Waals surface area contributed by atoms with Gasteiger partial charge < -0.3 is 14.6 Å². The Morgan fingerprint density at radius 3 is 3.00 bits per heavy atom. The van der Waals surface area contributed by atoms with E-state index >= 15 is 0 Å². The molecular weight excluding hydrogens is 242 g/mol. The molecule has 1 rings (SSSR count). The number of esters is 1. The van der Waals surface area contributed by atoms with Crippen LogP contribution in [0.3, 0.4) is 0 Å². The molecule has 17 heavy (non-hydrogen) atoms. The van der Waals surface area contributed by atoms with Gasteiger partial charge >= 0.3 is 5.97 Å². The summed E-state index contributed by atoms with van der Waals surface area (Å²) in [7, 11) is 1.87. The van der Waals surface area contributed by atoms with Gasteiger partial charge in [-0.2, -0.15) is 0 Å². The lowest BCUT2D eigenvalue weighted by Crippen LogP contribution is -2.18. The van der Waals surface area contributed by atoms with Crippen molar-refractivity contribution in [1.82, 2.24) is 14.9 Å². The zero-order valence-corrected chi connectivity index (χ0v) is 11.0. The molecule has 1 N–H and O–H groups in total. The summed E-state index contributed by atoms with van der Waals surface area (Å²) >= 11 is 5.86. The van der Waals surface area contributed by atoms with E-state index in [2.05, 4.69) is 10.3 Å². The number of halogens is 1. The van der Waals surface area contributed by atoms with Crippen LogP contribution in [0.15, 0.2) is 6.20 Å². The summed E-state index contributed by atoms with van der Waals surface area (Å²) < 4.78 is 6.65. The molecule has 0 radical (unpaired) electrons. The number of carbonyl (C=O) groups excluding carboxylic acids is 1. The van der Waals surface area contributed by atoms with Crippen molar-refractivity contribution in [3.63, 3.8) is 0 Å². The summed E-state index contributed by atoms with van der Waals surface area (Å²) in [6.07, 6.45) is 2.83. The van der Waals surface area contributed by atoms with Gasteiger partial charge in [0.25, 0.3) is 0 Å². The summed E-state index contributed by atoms with van der Waals surface area (Å²) in [6.45, 7) is 3.65. The summed E-state index contributed by atoms with van der Waals surface area (Å²) in [6, 6.07) is 0. The van der Waals surface area contributed by atoms with Crippen LogP contribution >= 0.6 is 11.6 Å². The van der Waals surface area contributed by atoms with Gasteiger partial charge in [0.2, 0.25) is 0 Å². The van der Waals surface area contributed by atoms with Crippen molar-refractivity contribution in [2.24, 2.45) is 7.05 Å². The zero-order valence-electron chi connectivity index (χ0n) is 10.2. The normalized spacial score (nSPS) is 10.5. The number of hydrogen-bond acceptors (Lipinski definition) is 4. The Labute approximate surface area is 106 Å². The van der Waals surface area contributed by atoms with Crippen LogP contribution in [-0.2, 0) is 23.1 Å². The van der Waals surface area contributed by atoms with Crippen LogP contribution in [0.2, 0.25) is 5.15 Å². The lowest BCUT2D eigenvalue weighted by molar-refractivity contribution is -0.143. The van der Waals surface area contributed by atoms with Crippen molar-refractivity contribution < 1.29 is 9.53 Å². The van der Waals surface area contributed by atoms with Gasteiger partial charge in [-0.05, 0) is 19.9 Å². The lowest BCUT2D eigenvalue weighted by Gasteiger charge is -2.05. The monoisotopic (exact) mass is 259 g/mol. The molecule has 0 aliphatic rings. The molecule has 0 aliphatic heterocycles. The van der Waals surface area contributed by atoms with Crippen molar-refractivity contribution >= 4 is 17.6 Å². The highest BCUT2D eigenvalue weighted by Crippen LogP contribution is 2.08. The van der Waals surface area contributed by atoms with E-state index in [9.17, 15) is 4.79 Å². The first-order valence-electron chi connectivity index (χ1n) is 5.67. The molecule has 0 saturated carbocycles. The fraction of sp³-hybridized carbons (Fsp3) is 0.636. The van der Waals surface area contributed by atoms with Gasteiger partial charge in [-0.25, -0.2) is 4.98 Å². The Balaban J connectivity index is 2.12. The topological polar surface area (TPSA) is 56.1 Å². The number of ether oxygens (including phenoxy) is 1. The smallest absolute Gasteiger partial charge is 0.305 e. The highest BCUT2D eigenvalue weighted by molar-refractivity contribution is 6.29. The van der Waals surface area contributed by atoms with Crippen LogP contribution in [0, 0.1) is 0 Å². The van der Waals surface area contributed by atoms with Gasteiger partial charge in [0.15, 0.2) is 0 Å². The molecule has 0 fully saturated rings. The SMILES string of the molecule is CCOC(=O)CCCNCc1ncc(Cl)n1C. The summed E-state index contributed by atoms with van der Waals surface area (Å²) in [5.41, 5.74) is 0. The molecule has 96 valence electrons. The third kappa shape index (κ3) is 4.75. The van der Waals surface area contributed by atoms with E-state index < -0.39 is 0 Å². The third-order valence-corrected chi connectivity index (χ3v) is 2.70. The van der Waals surface area contributed by atoms with E-state index in [1.54, 1.807) is 13.1 Å². The molecule has 0 aromatic carbocycles. The van der Waals surface area contributed by atoms with Crippen molar-refractivity contribution in [2.75, 3.05) is 13.2 Å². The molecular formula is C11H18ClN3O2. The molecule has 0 unspecified atom stereocenters. The number of nitrogens with one attached hydrogen (secondary N) is 1. The average Bonchev–Trinajstić information content (AvgIpc) is 2.60. The molecule has 6 heteroatoms. The molecule has 0 aliphatic carbocycles. The standard InChI is InChI=1S/C11H18ClN3O2/c1-3-17-11(16)5-4-6-13-8-10-14-7-9(12)15(10)2/h7,13H,3-6,8H2,1-2H3. The first-order valence-corrected chi connectivity index (χ1v) is 6.05. The lowest BCUT2D eigenvalue weighted by atomic mass is 10.3. The first kappa shape index (κ1) is 14.0. The molecule has 0 spiro atoms.